The van der Waals surface area contributed by atoms with Crippen molar-refractivity contribution in [1.82, 2.24) is 4.57 Å². The number of nitrogens with zero attached hydrogens (tertiary/aromatic N) is 1. The number of fused-ring (bicyclic) bond motifs is 9. The van der Waals surface area contributed by atoms with Crippen LogP contribution in [0.5, 0.6) is 0 Å². The largest absolute Gasteiger partial charge is 0.343 e. The van der Waals surface area contributed by atoms with Crippen molar-refractivity contribution in [2.45, 2.75) is 52.9 Å². The molecule has 1 heterocycles. The third-order valence-corrected chi connectivity index (χ3v) is 10.5. The molecular weight excluding hydrogens is 603 g/mol. The van der Waals surface area contributed by atoms with Crippen LogP contribution in [0.15, 0.2) is 151 Å². The van der Waals surface area contributed by atoms with Gasteiger partial charge < -0.3 is 4.57 Å². The predicted molar refractivity (Wildman–Crippen MR) is 219 cm³/mol. The van der Waals surface area contributed by atoms with Crippen LogP contribution in [0.25, 0.3) is 60.6 Å². The molecule has 248 valence electrons. The third kappa shape index (κ3) is 6.61. The van der Waals surface area contributed by atoms with Gasteiger partial charge in [-0.3, -0.25) is 0 Å². The lowest BCUT2D eigenvalue weighted by molar-refractivity contribution is 0.734. The molecule has 0 saturated heterocycles. The van der Waals surface area contributed by atoms with Crippen molar-refractivity contribution in [2.24, 2.45) is 7.05 Å². The highest BCUT2D eigenvalue weighted by Gasteiger charge is 2.16. The standard InChI is InChI=1S/C31H27N.C11H12.C7H8/c1-4-20(2)21-13-15-22(16-14-21)23-17-18-28-29(19-23)32(3)31-27-12-8-6-10-25(27)24-9-5-7-11-26(24)30(28)31;1-9-6-7-10-4-2-3-5-11(10)8-9;1-7-5-3-2-4-6-7/h5-20H,4H2,1-3H3;2-5,8H,6-7H2,1H3;2-6H,1H3. The molecular formula is C49H47N. The highest BCUT2D eigenvalue weighted by Crippen LogP contribution is 2.41. The molecule has 9 rings (SSSR count). The Bertz CT molecular complexity index is 2440. The number of aryl methyl sites for hydroxylation is 3. The second-order valence-electron chi connectivity index (χ2n) is 13.9. The molecule has 0 radical (unpaired) electrons. The van der Waals surface area contributed by atoms with E-state index in [9.17, 15) is 0 Å². The van der Waals surface area contributed by atoms with Crippen LogP contribution in [0.3, 0.4) is 0 Å². The average Bonchev–Trinajstić information content (AvgIpc) is 3.47. The quantitative estimate of drug-likeness (QED) is 0.168. The summed E-state index contributed by atoms with van der Waals surface area (Å²) in [5.74, 6) is 0.603. The summed E-state index contributed by atoms with van der Waals surface area (Å²) in [6, 6.07) is 52.6. The smallest absolute Gasteiger partial charge is 0.0574 e. The van der Waals surface area contributed by atoms with Crippen molar-refractivity contribution >= 4 is 49.4 Å². The number of aromatic nitrogens is 1. The lowest BCUT2D eigenvalue weighted by Gasteiger charge is -2.12. The first-order chi connectivity index (χ1) is 24.4. The Hall–Kier alpha value is -5.40. The molecule has 0 fully saturated rings. The topological polar surface area (TPSA) is 4.93 Å². The summed E-state index contributed by atoms with van der Waals surface area (Å²) in [4.78, 5) is 0. The van der Waals surface area contributed by atoms with Gasteiger partial charge in [0.2, 0.25) is 0 Å². The number of hydrogen-bond donors (Lipinski definition) is 0. The van der Waals surface area contributed by atoms with Gasteiger partial charge in [0.25, 0.3) is 0 Å². The highest BCUT2D eigenvalue weighted by molar-refractivity contribution is 6.31. The number of allylic oxidation sites excluding steroid dienone is 1. The molecule has 1 unspecified atom stereocenters. The summed E-state index contributed by atoms with van der Waals surface area (Å²) >= 11 is 0. The van der Waals surface area contributed by atoms with Crippen molar-refractivity contribution in [3.63, 3.8) is 0 Å². The SMILES string of the molecule is CC1=Cc2ccccc2CC1.CCC(C)c1ccc(-c2ccc3c4c5ccccc5c5ccccc5c4n(C)c3c2)cc1.Cc1ccccc1. The molecule has 1 aliphatic rings. The van der Waals surface area contributed by atoms with Gasteiger partial charge in [-0.15, -0.1) is 0 Å². The third-order valence-electron chi connectivity index (χ3n) is 10.5. The second kappa shape index (κ2) is 14.6. The zero-order valence-electron chi connectivity index (χ0n) is 30.1. The lowest BCUT2D eigenvalue weighted by atomic mass is 9.93. The van der Waals surface area contributed by atoms with E-state index in [0.717, 1.165) is 0 Å². The molecule has 1 aromatic heterocycles. The fourth-order valence-corrected chi connectivity index (χ4v) is 7.41. The number of benzene rings is 7. The van der Waals surface area contributed by atoms with Gasteiger partial charge in [0.1, 0.15) is 0 Å². The van der Waals surface area contributed by atoms with Crippen molar-refractivity contribution in [3.8, 4) is 11.1 Å². The second-order valence-corrected chi connectivity index (χ2v) is 13.9. The predicted octanol–water partition coefficient (Wildman–Crippen LogP) is 13.8. The van der Waals surface area contributed by atoms with Gasteiger partial charge in [-0.05, 0) is 89.1 Å². The van der Waals surface area contributed by atoms with E-state index in [1.54, 1.807) is 0 Å². The van der Waals surface area contributed by atoms with Gasteiger partial charge >= 0.3 is 0 Å². The molecule has 0 N–H and O–H groups in total. The maximum absolute atomic E-state index is 2.39. The fraction of sp³-hybridized carbons (Fsp3) is 0.184. The zero-order chi connectivity index (χ0) is 34.6. The first kappa shape index (κ1) is 33.1. The molecule has 0 spiro atoms. The average molecular weight is 650 g/mol. The monoisotopic (exact) mass is 649 g/mol. The minimum Gasteiger partial charge on any atom is -0.343 e. The Balaban J connectivity index is 0.000000177. The van der Waals surface area contributed by atoms with Crippen molar-refractivity contribution < 1.29 is 0 Å². The molecule has 1 atom stereocenters. The van der Waals surface area contributed by atoms with Crippen molar-refractivity contribution in [1.29, 1.82) is 0 Å². The Morgan fingerprint density at radius 2 is 1.18 bits per heavy atom. The zero-order valence-corrected chi connectivity index (χ0v) is 30.1. The molecule has 1 aliphatic carbocycles. The molecule has 0 aliphatic heterocycles. The van der Waals surface area contributed by atoms with Crippen LogP contribution in [0.4, 0.5) is 0 Å². The first-order valence-corrected chi connectivity index (χ1v) is 18.1. The normalized spacial score (nSPS) is 12.9. The van der Waals surface area contributed by atoms with Crippen LogP contribution >= 0.6 is 0 Å². The maximum atomic E-state index is 2.39. The molecule has 50 heavy (non-hydrogen) atoms. The minimum atomic E-state index is 0.603. The van der Waals surface area contributed by atoms with Crippen LogP contribution in [0.1, 0.15) is 61.8 Å². The highest BCUT2D eigenvalue weighted by atomic mass is 14.9. The fourth-order valence-electron chi connectivity index (χ4n) is 7.41. The summed E-state index contributed by atoms with van der Waals surface area (Å²) in [6.07, 6.45) is 5.91. The molecule has 0 saturated carbocycles. The Morgan fingerprint density at radius 1 is 0.580 bits per heavy atom. The summed E-state index contributed by atoms with van der Waals surface area (Å²) in [6.45, 7) is 8.83. The first-order valence-electron chi connectivity index (χ1n) is 18.1. The van der Waals surface area contributed by atoms with Gasteiger partial charge in [-0.2, -0.15) is 0 Å². The molecule has 8 aromatic rings. The van der Waals surface area contributed by atoms with Gasteiger partial charge in [0, 0.05) is 28.7 Å². The number of hydrogen-bond acceptors (Lipinski definition) is 0. The maximum Gasteiger partial charge on any atom is 0.0574 e. The Morgan fingerprint density at radius 3 is 1.86 bits per heavy atom. The van der Waals surface area contributed by atoms with E-state index in [-0.39, 0.29) is 0 Å². The Labute approximate surface area is 297 Å². The van der Waals surface area contributed by atoms with E-state index in [1.165, 1.54) is 102 Å². The van der Waals surface area contributed by atoms with Crippen LogP contribution in [0.2, 0.25) is 0 Å². The molecule has 0 amide bonds. The minimum absolute atomic E-state index is 0.603. The number of rotatable bonds is 3. The van der Waals surface area contributed by atoms with E-state index < -0.39 is 0 Å². The van der Waals surface area contributed by atoms with Crippen LogP contribution < -0.4 is 0 Å². The van der Waals surface area contributed by atoms with Gasteiger partial charge in [-0.1, -0.05) is 171 Å². The van der Waals surface area contributed by atoms with Gasteiger partial charge in [0.15, 0.2) is 0 Å². The van der Waals surface area contributed by atoms with Gasteiger partial charge in [0.05, 0.1) is 5.52 Å². The van der Waals surface area contributed by atoms with E-state index in [1.807, 2.05) is 18.2 Å². The lowest BCUT2D eigenvalue weighted by Crippen LogP contribution is -1.95. The molecule has 1 heteroatoms. The summed E-state index contributed by atoms with van der Waals surface area (Å²) < 4.78 is 2.39. The Kier molecular flexibility index (Phi) is 9.67. The van der Waals surface area contributed by atoms with E-state index in [2.05, 4.69) is 173 Å². The van der Waals surface area contributed by atoms with Gasteiger partial charge in [-0.25, -0.2) is 0 Å². The van der Waals surface area contributed by atoms with Crippen LogP contribution in [0, 0.1) is 6.92 Å². The molecule has 0 bridgehead atoms. The molecule has 1 nitrogen and oxygen atoms in total. The van der Waals surface area contributed by atoms with Crippen molar-refractivity contribution in [2.75, 3.05) is 0 Å². The summed E-state index contributed by atoms with van der Waals surface area (Å²) in [7, 11) is 2.21. The van der Waals surface area contributed by atoms with E-state index >= 15 is 0 Å². The van der Waals surface area contributed by atoms with Crippen LogP contribution in [-0.4, -0.2) is 4.57 Å². The summed E-state index contributed by atoms with van der Waals surface area (Å²) in [5, 5.41) is 7.98. The van der Waals surface area contributed by atoms with E-state index in [0.29, 0.717) is 5.92 Å². The summed E-state index contributed by atoms with van der Waals surface area (Å²) in [5.41, 5.74) is 12.3. The molecule has 7 aromatic carbocycles. The van der Waals surface area contributed by atoms with E-state index in [4.69, 9.17) is 0 Å². The van der Waals surface area contributed by atoms with Crippen LogP contribution in [-0.2, 0) is 13.5 Å². The van der Waals surface area contributed by atoms with Crippen molar-refractivity contribution in [3.05, 3.63) is 173 Å².